The molecule has 2 heterocycles. The summed E-state index contributed by atoms with van der Waals surface area (Å²) in [4.78, 5) is 14.3. The molecule has 0 spiro atoms. The molecule has 0 fully saturated rings. The first kappa shape index (κ1) is 19.3. The topological polar surface area (TPSA) is 64.9 Å². The minimum atomic E-state index is -0.350. The third-order valence-corrected chi connectivity index (χ3v) is 7.87. The van der Waals surface area contributed by atoms with E-state index in [-0.39, 0.29) is 11.0 Å². The molecule has 8 heteroatoms. The van der Waals surface area contributed by atoms with Gasteiger partial charge in [-0.15, -0.1) is 22.7 Å². The van der Waals surface area contributed by atoms with Crippen LogP contribution in [-0.2, 0) is 12.8 Å². The Labute approximate surface area is 181 Å². The smallest absolute Gasteiger partial charge is 0.269 e. The number of carbonyl (C=O) groups excluding carboxylic acids is 1. The first-order chi connectivity index (χ1) is 13.5. The summed E-state index contributed by atoms with van der Waals surface area (Å²) >= 11 is 14.6. The molecule has 1 amide bonds. The molecule has 0 saturated carbocycles. The first-order valence-electron chi connectivity index (χ1n) is 8.82. The van der Waals surface area contributed by atoms with E-state index in [1.54, 1.807) is 11.3 Å². The number of benzene rings is 1. The number of nitrogens with one attached hydrogen (secondary N) is 2. The van der Waals surface area contributed by atoms with Gasteiger partial charge < -0.3 is 5.32 Å². The zero-order valence-electron chi connectivity index (χ0n) is 15.0. The van der Waals surface area contributed by atoms with Crippen LogP contribution in [0.15, 0.2) is 24.3 Å². The van der Waals surface area contributed by atoms with E-state index in [1.165, 1.54) is 16.2 Å². The van der Waals surface area contributed by atoms with Gasteiger partial charge in [0.1, 0.15) is 15.9 Å². The molecule has 0 saturated heterocycles. The molecule has 4 rings (SSSR count). The SMILES string of the molecule is C[C@@H]1CCc2c(sc(NC(=S)NC(=O)c3sc4ccccc4c3Cl)c2C#N)C1. The molecular formula is C20H16ClN3OS3. The van der Waals surface area contributed by atoms with Crippen molar-refractivity contribution in [1.29, 1.82) is 5.26 Å². The maximum absolute atomic E-state index is 12.7. The van der Waals surface area contributed by atoms with Crippen molar-refractivity contribution >= 4 is 72.6 Å². The van der Waals surface area contributed by atoms with E-state index in [0.29, 0.717) is 26.4 Å². The lowest BCUT2D eigenvalue weighted by Gasteiger charge is -2.17. The van der Waals surface area contributed by atoms with E-state index < -0.39 is 0 Å². The van der Waals surface area contributed by atoms with Crippen molar-refractivity contribution < 1.29 is 4.79 Å². The van der Waals surface area contributed by atoms with Crippen LogP contribution in [0.5, 0.6) is 0 Å². The van der Waals surface area contributed by atoms with Crippen LogP contribution in [0.2, 0.25) is 5.02 Å². The average Bonchev–Trinajstić information content (AvgIpc) is 3.18. The van der Waals surface area contributed by atoms with E-state index >= 15 is 0 Å². The van der Waals surface area contributed by atoms with Crippen molar-refractivity contribution in [2.75, 3.05) is 5.32 Å². The van der Waals surface area contributed by atoms with Crippen LogP contribution in [0.25, 0.3) is 10.1 Å². The normalized spacial score (nSPS) is 15.7. The van der Waals surface area contributed by atoms with E-state index in [1.807, 2.05) is 24.3 Å². The van der Waals surface area contributed by atoms with Crippen molar-refractivity contribution in [3.8, 4) is 6.07 Å². The van der Waals surface area contributed by atoms with Crippen LogP contribution in [0.3, 0.4) is 0 Å². The molecule has 28 heavy (non-hydrogen) atoms. The van der Waals surface area contributed by atoms with Gasteiger partial charge in [-0.3, -0.25) is 10.1 Å². The Morgan fingerprint density at radius 2 is 2.14 bits per heavy atom. The number of hydrogen-bond donors (Lipinski definition) is 2. The summed E-state index contributed by atoms with van der Waals surface area (Å²) in [7, 11) is 0. The Bertz CT molecular complexity index is 1140. The monoisotopic (exact) mass is 445 g/mol. The van der Waals surface area contributed by atoms with Crippen LogP contribution in [0, 0.1) is 17.2 Å². The molecule has 0 aliphatic heterocycles. The van der Waals surface area contributed by atoms with Crippen molar-refractivity contribution in [3.05, 3.63) is 50.2 Å². The number of amides is 1. The van der Waals surface area contributed by atoms with Crippen LogP contribution in [0.1, 0.15) is 39.0 Å². The predicted molar refractivity (Wildman–Crippen MR) is 121 cm³/mol. The molecule has 1 aromatic carbocycles. The minimum absolute atomic E-state index is 0.168. The zero-order chi connectivity index (χ0) is 19.8. The molecule has 3 aromatic rings. The van der Waals surface area contributed by atoms with Crippen LogP contribution in [-0.4, -0.2) is 11.0 Å². The standard InChI is InChI=1S/C20H16ClN3OS3/c1-10-6-7-11-13(9-22)19(28-15(11)8-10)24-20(26)23-18(25)17-16(21)12-4-2-3-5-14(12)27-17/h2-5,10H,6-8H2,1H3,(H2,23,24,25,26)/t10-/m1/s1. The van der Waals surface area contributed by atoms with Gasteiger partial charge in [0.15, 0.2) is 5.11 Å². The summed E-state index contributed by atoms with van der Waals surface area (Å²) < 4.78 is 0.948. The second kappa shape index (κ2) is 7.80. The number of thiocarbonyl (C=S) groups is 1. The van der Waals surface area contributed by atoms with Gasteiger partial charge in [-0.25, -0.2) is 0 Å². The Morgan fingerprint density at radius 1 is 1.36 bits per heavy atom. The Hall–Kier alpha value is -1.98. The van der Waals surface area contributed by atoms with Crippen molar-refractivity contribution in [1.82, 2.24) is 5.32 Å². The van der Waals surface area contributed by atoms with Crippen molar-refractivity contribution in [3.63, 3.8) is 0 Å². The number of hydrogen-bond acceptors (Lipinski definition) is 5. The highest BCUT2D eigenvalue weighted by Gasteiger charge is 2.25. The molecule has 1 atom stereocenters. The molecule has 0 unspecified atom stereocenters. The van der Waals surface area contributed by atoms with Crippen LogP contribution in [0.4, 0.5) is 5.00 Å². The molecule has 0 radical (unpaired) electrons. The fraction of sp³-hybridized carbons (Fsp3) is 0.250. The number of nitriles is 1. The summed E-state index contributed by atoms with van der Waals surface area (Å²) in [5, 5.41) is 17.5. The molecule has 1 aliphatic carbocycles. The van der Waals surface area contributed by atoms with Crippen LogP contribution >= 0.6 is 46.5 Å². The number of anilines is 1. The highest BCUT2D eigenvalue weighted by atomic mass is 35.5. The van der Waals surface area contributed by atoms with E-state index in [2.05, 4.69) is 23.6 Å². The Morgan fingerprint density at radius 3 is 2.89 bits per heavy atom. The largest absolute Gasteiger partial charge is 0.323 e. The number of carbonyl (C=O) groups is 1. The molecule has 2 aromatic heterocycles. The summed E-state index contributed by atoms with van der Waals surface area (Å²) in [5.41, 5.74) is 1.76. The van der Waals surface area contributed by atoms with Gasteiger partial charge in [0.2, 0.25) is 0 Å². The number of fused-ring (bicyclic) bond motifs is 2. The number of thiophene rings is 2. The van der Waals surface area contributed by atoms with E-state index in [0.717, 1.165) is 34.9 Å². The average molecular weight is 446 g/mol. The second-order valence-electron chi connectivity index (χ2n) is 6.82. The quantitative estimate of drug-likeness (QED) is 0.493. The van der Waals surface area contributed by atoms with Gasteiger partial charge in [0.05, 0.1) is 10.6 Å². The van der Waals surface area contributed by atoms with E-state index in [9.17, 15) is 10.1 Å². The fourth-order valence-electron chi connectivity index (χ4n) is 3.41. The zero-order valence-corrected chi connectivity index (χ0v) is 18.2. The minimum Gasteiger partial charge on any atom is -0.323 e. The lowest BCUT2D eigenvalue weighted by Crippen LogP contribution is -2.33. The molecule has 4 nitrogen and oxygen atoms in total. The first-order valence-corrected chi connectivity index (χ1v) is 11.2. The maximum Gasteiger partial charge on any atom is 0.269 e. The van der Waals surface area contributed by atoms with Gasteiger partial charge in [-0.2, -0.15) is 5.26 Å². The molecule has 0 bridgehead atoms. The molecule has 2 N–H and O–H groups in total. The number of rotatable bonds is 2. The molecule has 1 aliphatic rings. The highest BCUT2D eigenvalue weighted by Crippen LogP contribution is 2.39. The third kappa shape index (κ3) is 3.53. The molecule has 142 valence electrons. The van der Waals surface area contributed by atoms with Crippen molar-refractivity contribution in [2.45, 2.75) is 26.2 Å². The predicted octanol–water partition coefficient (Wildman–Crippen LogP) is 5.74. The second-order valence-corrected chi connectivity index (χ2v) is 9.76. The Kier molecular flexibility index (Phi) is 5.39. The van der Waals surface area contributed by atoms with Gasteiger partial charge in [-0.05, 0) is 49.0 Å². The molecular weight excluding hydrogens is 430 g/mol. The van der Waals surface area contributed by atoms with Gasteiger partial charge >= 0.3 is 0 Å². The van der Waals surface area contributed by atoms with Crippen LogP contribution < -0.4 is 10.6 Å². The number of halogens is 1. The van der Waals surface area contributed by atoms with Gasteiger partial charge in [0.25, 0.3) is 5.91 Å². The fourth-order valence-corrected chi connectivity index (χ4v) is 6.45. The summed E-state index contributed by atoms with van der Waals surface area (Å²) in [6.45, 7) is 2.22. The highest BCUT2D eigenvalue weighted by molar-refractivity contribution is 7.80. The summed E-state index contributed by atoms with van der Waals surface area (Å²) in [6.07, 6.45) is 2.98. The Balaban J connectivity index is 1.52. The summed E-state index contributed by atoms with van der Waals surface area (Å²) in [5.74, 6) is 0.268. The maximum atomic E-state index is 12.7. The lowest BCUT2D eigenvalue weighted by molar-refractivity contribution is 0.0982. The van der Waals surface area contributed by atoms with E-state index in [4.69, 9.17) is 23.8 Å². The lowest BCUT2D eigenvalue weighted by atomic mass is 9.89. The van der Waals surface area contributed by atoms with Gasteiger partial charge in [-0.1, -0.05) is 36.7 Å². The third-order valence-electron chi connectivity index (χ3n) is 4.82. The van der Waals surface area contributed by atoms with Crippen molar-refractivity contribution in [2.24, 2.45) is 5.92 Å². The summed E-state index contributed by atoms with van der Waals surface area (Å²) in [6, 6.07) is 9.90. The number of nitrogens with zero attached hydrogens (tertiary/aromatic N) is 1. The van der Waals surface area contributed by atoms with Gasteiger partial charge in [0, 0.05) is 15.0 Å².